The van der Waals surface area contributed by atoms with Gasteiger partial charge in [-0.25, -0.2) is 8.42 Å². The Morgan fingerprint density at radius 3 is 2.58 bits per heavy atom. The van der Waals surface area contributed by atoms with Crippen molar-refractivity contribution in [1.82, 2.24) is 10.2 Å². The van der Waals surface area contributed by atoms with Gasteiger partial charge in [-0.3, -0.25) is 9.69 Å². The van der Waals surface area contributed by atoms with Crippen LogP contribution < -0.4 is 5.32 Å². The van der Waals surface area contributed by atoms with Crippen LogP contribution in [0.15, 0.2) is 65.6 Å². The fourth-order valence-electron chi connectivity index (χ4n) is 5.86. The monoisotopic (exact) mass is 534 g/mol. The minimum absolute atomic E-state index is 0.00217. The summed E-state index contributed by atoms with van der Waals surface area (Å²) in [7, 11) is -2.15. The van der Waals surface area contributed by atoms with Gasteiger partial charge in [-0.2, -0.15) is 0 Å². The van der Waals surface area contributed by atoms with E-state index in [-0.39, 0.29) is 29.0 Å². The molecular formula is C31H38N2O4S. The average molecular weight is 535 g/mol. The van der Waals surface area contributed by atoms with Crippen molar-refractivity contribution in [3.05, 3.63) is 77.4 Å². The van der Waals surface area contributed by atoms with Gasteiger partial charge in [0, 0.05) is 13.7 Å². The van der Waals surface area contributed by atoms with Gasteiger partial charge in [-0.15, -0.1) is 0 Å². The first kappa shape index (κ1) is 26.9. The summed E-state index contributed by atoms with van der Waals surface area (Å²) in [4.78, 5) is 15.8. The minimum atomic E-state index is -3.62. The van der Waals surface area contributed by atoms with Crippen LogP contribution in [0.3, 0.4) is 0 Å². The van der Waals surface area contributed by atoms with E-state index < -0.39 is 15.9 Å². The van der Waals surface area contributed by atoms with E-state index in [0.29, 0.717) is 0 Å². The molecule has 0 aromatic heterocycles. The number of nitrogens with one attached hydrogen (secondary N) is 1. The molecule has 2 atom stereocenters. The van der Waals surface area contributed by atoms with Crippen molar-refractivity contribution in [2.75, 3.05) is 26.0 Å². The van der Waals surface area contributed by atoms with Crippen LogP contribution in [-0.2, 0) is 32.3 Å². The molecule has 1 aliphatic carbocycles. The number of ether oxygens (including phenoxy) is 1. The van der Waals surface area contributed by atoms with Crippen molar-refractivity contribution in [2.45, 2.75) is 68.5 Å². The first-order valence-electron chi connectivity index (χ1n) is 13.8. The standard InChI is InChI=1S/C31H38N2O4S/c1-37-27(22-38(35,36)28-14-13-24-8-3-4-9-25(24)19-28)20-31(34)32-30-11-7-10-26-18-23(12-15-29(26)30)21-33-16-5-2-6-17-33/h3-4,8-9,12-15,18-19,27,30H,2,5-7,10-11,16-17,20-22H2,1H3,(H,32,34)/t27-,30+/m0/s1. The Bertz CT molecular complexity index is 1380. The first-order valence-corrected chi connectivity index (χ1v) is 15.4. The van der Waals surface area contributed by atoms with E-state index >= 15 is 0 Å². The second kappa shape index (κ2) is 12.0. The van der Waals surface area contributed by atoms with Gasteiger partial charge in [0.05, 0.1) is 29.2 Å². The molecule has 38 heavy (non-hydrogen) atoms. The molecule has 0 unspecified atom stereocenters. The summed E-state index contributed by atoms with van der Waals surface area (Å²) in [5.41, 5.74) is 3.85. The predicted octanol–water partition coefficient (Wildman–Crippen LogP) is 5.20. The number of nitrogens with zero attached hydrogens (tertiary/aromatic N) is 1. The Morgan fingerprint density at radius 2 is 1.79 bits per heavy atom. The minimum Gasteiger partial charge on any atom is -0.380 e. The molecule has 1 aliphatic heterocycles. The number of fused-ring (bicyclic) bond motifs is 2. The summed E-state index contributed by atoms with van der Waals surface area (Å²) < 4.78 is 31.7. The Morgan fingerprint density at radius 1 is 1.00 bits per heavy atom. The topological polar surface area (TPSA) is 75.7 Å². The van der Waals surface area contributed by atoms with E-state index in [1.54, 1.807) is 12.1 Å². The molecule has 1 amide bonds. The summed E-state index contributed by atoms with van der Waals surface area (Å²) in [5.74, 6) is -0.420. The van der Waals surface area contributed by atoms with Crippen LogP contribution in [0.5, 0.6) is 0 Å². The SMILES string of the molecule is CO[C@@H](CC(=O)N[C@@H]1CCCc2cc(CN3CCCCC3)ccc21)CS(=O)(=O)c1ccc2ccccc2c1. The zero-order valence-corrected chi connectivity index (χ0v) is 23.0. The number of likely N-dealkylation sites (tertiary alicyclic amines) is 1. The van der Waals surface area contributed by atoms with Gasteiger partial charge in [-0.1, -0.05) is 55.0 Å². The molecule has 3 aromatic carbocycles. The van der Waals surface area contributed by atoms with Gasteiger partial charge in [0.15, 0.2) is 9.84 Å². The van der Waals surface area contributed by atoms with Crippen molar-refractivity contribution >= 4 is 26.5 Å². The van der Waals surface area contributed by atoms with Crippen molar-refractivity contribution in [3.63, 3.8) is 0 Å². The summed E-state index contributed by atoms with van der Waals surface area (Å²) in [6.07, 6.45) is 6.12. The maximum atomic E-state index is 13.1. The molecule has 1 heterocycles. The van der Waals surface area contributed by atoms with Gasteiger partial charge >= 0.3 is 0 Å². The lowest BCUT2D eigenvalue weighted by molar-refractivity contribution is -0.124. The smallest absolute Gasteiger partial charge is 0.223 e. The number of piperidine rings is 1. The lowest BCUT2D eigenvalue weighted by Crippen LogP contribution is -2.35. The number of methoxy groups -OCH3 is 1. The summed E-state index contributed by atoms with van der Waals surface area (Å²) >= 11 is 0. The molecule has 0 bridgehead atoms. The van der Waals surface area contributed by atoms with E-state index in [9.17, 15) is 13.2 Å². The summed E-state index contributed by atoms with van der Waals surface area (Å²) in [6.45, 7) is 3.34. The Hall–Kier alpha value is -2.74. The Labute approximate surface area is 226 Å². The third-order valence-corrected chi connectivity index (χ3v) is 9.73. The van der Waals surface area contributed by atoms with Crippen molar-refractivity contribution in [3.8, 4) is 0 Å². The highest BCUT2D eigenvalue weighted by Gasteiger charge is 2.27. The summed E-state index contributed by atoms with van der Waals surface area (Å²) in [6, 6.07) is 19.4. The lowest BCUT2D eigenvalue weighted by atomic mass is 9.86. The fourth-order valence-corrected chi connectivity index (χ4v) is 7.38. The molecule has 0 spiro atoms. The maximum absolute atomic E-state index is 13.1. The molecule has 6 nitrogen and oxygen atoms in total. The van der Waals surface area contributed by atoms with Crippen molar-refractivity contribution < 1.29 is 17.9 Å². The van der Waals surface area contributed by atoms with E-state index in [1.165, 1.54) is 56.2 Å². The highest BCUT2D eigenvalue weighted by molar-refractivity contribution is 7.91. The van der Waals surface area contributed by atoms with Gasteiger partial charge in [0.25, 0.3) is 0 Å². The van der Waals surface area contributed by atoms with E-state index in [1.807, 2.05) is 30.3 Å². The van der Waals surface area contributed by atoms with Crippen LogP contribution in [0.4, 0.5) is 0 Å². The largest absolute Gasteiger partial charge is 0.380 e. The molecular weight excluding hydrogens is 496 g/mol. The molecule has 1 N–H and O–H groups in total. The van der Waals surface area contributed by atoms with Crippen LogP contribution in [-0.4, -0.2) is 51.3 Å². The number of hydrogen-bond donors (Lipinski definition) is 1. The molecule has 1 fully saturated rings. The third-order valence-electron chi connectivity index (χ3n) is 7.94. The van der Waals surface area contributed by atoms with Crippen molar-refractivity contribution in [1.29, 1.82) is 0 Å². The van der Waals surface area contributed by atoms with Gasteiger partial charge in [-0.05, 0) is 84.8 Å². The fraction of sp³-hybridized carbons (Fsp3) is 0.452. The number of aryl methyl sites for hydroxylation is 1. The number of carbonyl (C=O) groups is 1. The zero-order chi connectivity index (χ0) is 26.5. The zero-order valence-electron chi connectivity index (χ0n) is 22.2. The normalized spacial score (nSPS) is 19.1. The van der Waals surface area contributed by atoms with Crippen LogP contribution >= 0.6 is 0 Å². The molecule has 0 radical (unpaired) electrons. The third kappa shape index (κ3) is 6.45. The lowest BCUT2D eigenvalue weighted by Gasteiger charge is -2.29. The van der Waals surface area contributed by atoms with Gasteiger partial charge < -0.3 is 10.1 Å². The molecule has 7 heteroatoms. The Kier molecular flexibility index (Phi) is 8.46. The number of amides is 1. The number of rotatable bonds is 9. The number of sulfone groups is 1. The van der Waals surface area contributed by atoms with Crippen LogP contribution in [0, 0.1) is 0 Å². The molecule has 202 valence electrons. The molecule has 0 saturated carbocycles. The highest BCUT2D eigenvalue weighted by Crippen LogP contribution is 2.31. The van der Waals surface area contributed by atoms with E-state index in [4.69, 9.17) is 4.74 Å². The molecule has 1 saturated heterocycles. The average Bonchev–Trinajstić information content (AvgIpc) is 2.93. The molecule has 3 aromatic rings. The van der Waals surface area contributed by atoms with Crippen LogP contribution in [0.2, 0.25) is 0 Å². The maximum Gasteiger partial charge on any atom is 0.223 e. The predicted molar refractivity (Wildman–Crippen MR) is 151 cm³/mol. The highest BCUT2D eigenvalue weighted by atomic mass is 32.2. The van der Waals surface area contributed by atoms with Crippen molar-refractivity contribution in [2.24, 2.45) is 0 Å². The number of benzene rings is 3. The van der Waals surface area contributed by atoms with Crippen LogP contribution in [0.1, 0.15) is 61.3 Å². The molecule has 2 aliphatic rings. The Balaban J connectivity index is 1.21. The van der Waals surface area contributed by atoms with Gasteiger partial charge in [0.1, 0.15) is 0 Å². The summed E-state index contributed by atoms with van der Waals surface area (Å²) in [5, 5.41) is 5.02. The second-order valence-electron chi connectivity index (χ2n) is 10.7. The van der Waals surface area contributed by atoms with E-state index in [0.717, 1.165) is 36.6 Å². The quantitative estimate of drug-likeness (QED) is 0.409. The van der Waals surface area contributed by atoms with Crippen LogP contribution in [0.25, 0.3) is 10.8 Å². The first-order chi connectivity index (χ1) is 18.4. The number of carbonyl (C=O) groups excluding carboxylic acids is 1. The second-order valence-corrected chi connectivity index (χ2v) is 12.8. The molecule has 5 rings (SSSR count). The van der Waals surface area contributed by atoms with Gasteiger partial charge in [0.2, 0.25) is 5.91 Å². The number of hydrogen-bond acceptors (Lipinski definition) is 5. The van der Waals surface area contributed by atoms with E-state index in [2.05, 4.69) is 28.4 Å².